The summed E-state index contributed by atoms with van der Waals surface area (Å²) in [6.45, 7) is 3.69. The summed E-state index contributed by atoms with van der Waals surface area (Å²) in [5.74, 6) is -0.359. The third kappa shape index (κ3) is 1.49. The number of carbonyl (C=O) groups is 2. The summed E-state index contributed by atoms with van der Waals surface area (Å²) in [5, 5.41) is 3.42. The Labute approximate surface area is 70.6 Å². The van der Waals surface area contributed by atoms with Gasteiger partial charge in [-0.3, -0.25) is 0 Å². The summed E-state index contributed by atoms with van der Waals surface area (Å²) in [6.07, 6.45) is 0. The van der Waals surface area contributed by atoms with Crippen molar-refractivity contribution in [3.63, 3.8) is 0 Å². The Morgan fingerprint density at radius 2 is 2.08 bits per heavy atom. The summed E-state index contributed by atoms with van der Waals surface area (Å²) < 4.78 is 0. The van der Waals surface area contributed by atoms with Crippen LogP contribution in [0.5, 0.6) is 0 Å². The molecule has 1 aliphatic heterocycles. The van der Waals surface area contributed by atoms with Crippen molar-refractivity contribution in [3.05, 3.63) is 0 Å². The highest BCUT2D eigenvalue weighted by Gasteiger charge is 2.33. The number of hydrogen-bond acceptors (Lipinski definition) is 3. The van der Waals surface area contributed by atoms with Crippen LogP contribution in [0.1, 0.15) is 13.8 Å². The second-order valence-electron chi connectivity index (χ2n) is 3.08. The van der Waals surface area contributed by atoms with E-state index >= 15 is 0 Å². The lowest BCUT2D eigenvalue weighted by molar-refractivity contribution is -0.182. The average molecular weight is 172 g/mol. The van der Waals surface area contributed by atoms with Crippen LogP contribution in [0.25, 0.3) is 0 Å². The predicted octanol–water partition coefficient (Wildman–Crippen LogP) is 0.124. The van der Waals surface area contributed by atoms with Crippen LogP contribution in [0, 0.1) is 5.92 Å². The number of rotatable bonds is 1. The van der Waals surface area contributed by atoms with Gasteiger partial charge in [-0.15, -0.1) is 0 Å². The highest BCUT2D eigenvalue weighted by Crippen LogP contribution is 2.09. The van der Waals surface area contributed by atoms with E-state index < -0.39 is 12.0 Å². The number of hydrogen-bond donors (Lipinski definition) is 1. The van der Waals surface area contributed by atoms with E-state index in [0.717, 1.165) is 5.06 Å². The van der Waals surface area contributed by atoms with Crippen LogP contribution in [0.2, 0.25) is 0 Å². The fourth-order valence-electron chi connectivity index (χ4n) is 0.955. The van der Waals surface area contributed by atoms with Crippen molar-refractivity contribution in [1.29, 1.82) is 0 Å². The van der Waals surface area contributed by atoms with E-state index in [4.69, 9.17) is 0 Å². The van der Waals surface area contributed by atoms with E-state index in [0.29, 0.717) is 0 Å². The lowest BCUT2D eigenvalue weighted by atomic mass is 10.1. The maximum atomic E-state index is 11.1. The van der Waals surface area contributed by atoms with E-state index in [1.54, 1.807) is 0 Å². The van der Waals surface area contributed by atoms with Crippen molar-refractivity contribution in [2.45, 2.75) is 19.9 Å². The third-order valence-corrected chi connectivity index (χ3v) is 1.71. The zero-order valence-electron chi connectivity index (χ0n) is 7.33. The highest BCUT2D eigenvalue weighted by molar-refractivity contribution is 5.87. The average Bonchev–Trinajstić information content (AvgIpc) is 1.96. The quantitative estimate of drug-likeness (QED) is 0.611. The molecule has 0 unspecified atom stereocenters. The first kappa shape index (κ1) is 8.83. The zero-order chi connectivity index (χ0) is 9.30. The SMILES string of the molecule is CC(C)[C@@H]1NC(=O)N(C)OC1=O. The van der Waals surface area contributed by atoms with Crippen molar-refractivity contribution >= 4 is 12.0 Å². The molecule has 1 aliphatic rings. The molecule has 0 spiro atoms. The summed E-state index contributed by atoms with van der Waals surface area (Å²) in [6, 6.07) is -0.901. The van der Waals surface area contributed by atoms with Crippen LogP contribution in [-0.4, -0.2) is 30.2 Å². The molecule has 0 aromatic rings. The van der Waals surface area contributed by atoms with Gasteiger partial charge in [0.05, 0.1) is 7.05 Å². The van der Waals surface area contributed by atoms with Gasteiger partial charge in [0.15, 0.2) is 0 Å². The van der Waals surface area contributed by atoms with Crippen molar-refractivity contribution in [2.75, 3.05) is 7.05 Å². The van der Waals surface area contributed by atoms with Gasteiger partial charge in [-0.2, -0.15) is 5.06 Å². The molecular formula is C7H12N2O3. The molecule has 0 aromatic heterocycles. The fourth-order valence-corrected chi connectivity index (χ4v) is 0.955. The molecule has 5 heteroatoms. The molecule has 1 atom stereocenters. The molecule has 1 N–H and O–H groups in total. The second-order valence-corrected chi connectivity index (χ2v) is 3.08. The first-order valence-corrected chi connectivity index (χ1v) is 3.78. The zero-order valence-corrected chi connectivity index (χ0v) is 7.33. The first-order valence-electron chi connectivity index (χ1n) is 3.78. The molecule has 0 bridgehead atoms. The minimum Gasteiger partial charge on any atom is -0.335 e. The van der Waals surface area contributed by atoms with Crippen LogP contribution in [0.4, 0.5) is 4.79 Å². The molecule has 12 heavy (non-hydrogen) atoms. The normalized spacial score (nSPS) is 24.0. The van der Waals surface area contributed by atoms with E-state index in [-0.39, 0.29) is 11.9 Å². The lowest BCUT2D eigenvalue weighted by Crippen LogP contribution is -2.56. The molecule has 1 saturated heterocycles. The number of hydroxylamine groups is 2. The van der Waals surface area contributed by atoms with Gasteiger partial charge in [0.1, 0.15) is 6.04 Å². The monoisotopic (exact) mass is 172 g/mol. The number of amides is 2. The molecule has 0 aromatic carbocycles. The van der Waals surface area contributed by atoms with Crippen LogP contribution in [-0.2, 0) is 9.63 Å². The number of nitrogens with one attached hydrogen (secondary N) is 1. The Morgan fingerprint density at radius 3 is 2.58 bits per heavy atom. The maximum Gasteiger partial charge on any atom is 0.354 e. The van der Waals surface area contributed by atoms with E-state index in [2.05, 4.69) is 10.2 Å². The fraction of sp³-hybridized carbons (Fsp3) is 0.714. The Bertz CT molecular complexity index is 215. The van der Waals surface area contributed by atoms with Crippen molar-refractivity contribution in [1.82, 2.24) is 10.4 Å². The smallest absolute Gasteiger partial charge is 0.335 e. The number of nitrogens with zero attached hydrogens (tertiary/aromatic N) is 1. The van der Waals surface area contributed by atoms with Crippen LogP contribution < -0.4 is 5.32 Å². The van der Waals surface area contributed by atoms with E-state index in [9.17, 15) is 9.59 Å². The van der Waals surface area contributed by atoms with Gasteiger partial charge in [0.25, 0.3) is 0 Å². The minimum absolute atomic E-state index is 0.0511. The predicted molar refractivity (Wildman–Crippen MR) is 41.0 cm³/mol. The van der Waals surface area contributed by atoms with E-state index in [1.807, 2.05) is 13.8 Å². The van der Waals surface area contributed by atoms with Gasteiger partial charge in [0, 0.05) is 0 Å². The van der Waals surface area contributed by atoms with Crippen molar-refractivity contribution in [2.24, 2.45) is 5.92 Å². The Hall–Kier alpha value is -1.26. The number of urea groups is 1. The molecule has 1 rings (SSSR count). The minimum atomic E-state index is -0.520. The van der Waals surface area contributed by atoms with Gasteiger partial charge < -0.3 is 10.2 Å². The Morgan fingerprint density at radius 1 is 1.50 bits per heavy atom. The Kier molecular flexibility index (Phi) is 2.21. The molecule has 0 radical (unpaired) electrons. The topological polar surface area (TPSA) is 58.6 Å². The standard InChI is InChI=1S/C7H12N2O3/c1-4(2)5-6(10)12-9(3)7(11)8-5/h4-5H,1-3H3,(H,8,11)/t5-/m0/s1. The molecule has 5 nitrogen and oxygen atoms in total. The molecule has 2 amide bonds. The molecule has 1 fully saturated rings. The molecular weight excluding hydrogens is 160 g/mol. The third-order valence-electron chi connectivity index (χ3n) is 1.71. The Balaban J connectivity index is 2.68. The molecule has 0 aliphatic carbocycles. The number of carbonyl (C=O) groups excluding carboxylic acids is 2. The molecule has 1 heterocycles. The van der Waals surface area contributed by atoms with Crippen LogP contribution in [0.15, 0.2) is 0 Å². The van der Waals surface area contributed by atoms with Crippen LogP contribution >= 0.6 is 0 Å². The highest BCUT2D eigenvalue weighted by atomic mass is 16.7. The van der Waals surface area contributed by atoms with Gasteiger partial charge in [-0.05, 0) is 5.92 Å². The van der Waals surface area contributed by atoms with Gasteiger partial charge in [-0.25, -0.2) is 9.59 Å². The van der Waals surface area contributed by atoms with Crippen molar-refractivity contribution < 1.29 is 14.4 Å². The summed E-state index contributed by atoms with van der Waals surface area (Å²) in [5.41, 5.74) is 0. The summed E-state index contributed by atoms with van der Waals surface area (Å²) in [4.78, 5) is 26.8. The lowest BCUT2D eigenvalue weighted by Gasteiger charge is -2.29. The summed E-state index contributed by atoms with van der Waals surface area (Å²) >= 11 is 0. The van der Waals surface area contributed by atoms with E-state index in [1.165, 1.54) is 7.05 Å². The largest absolute Gasteiger partial charge is 0.354 e. The van der Waals surface area contributed by atoms with Crippen LogP contribution in [0.3, 0.4) is 0 Å². The maximum absolute atomic E-state index is 11.1. The molecule has 0 saturated carbocycles. The van der Waals surface area contributed by atoms with Crippen molar-refractivity contribution in [3.8, 4) is 0 Å². The molecule has 68 valence electrons. The second kappa shape index (κ2) is 3.00. The van der Waals surface area contributed by atoms with Gasteiger partial charge >= 0.3 is 12.0 Å². The van der Waals surface area contributed by atoms with Gasteiger partial charge in [0.2, 0.25) is 0 Å². The summed E-state index contributed by atoms with van der Waals surface area (Å²) in [7, 11) is 1.39. The first-order chi connectivity index (χ1) is 5.52. The van der Waals surface area contributed by atoms with Gasteiger partial charge in [-0.1, -0.05) is 13.8 Å².